The van der Waals surface area contributed by atoms with E-state index in [0.717, 1.165) is 35.2 Å². The number of aromatic amines is 2. The van der Waals surface area contributed by atoms with Crippen LogP contribution in [-0.2, 0) is 15.6 Å². The number of nitrogens with one attached hydrogen (secondary N) is 3. The maximum absolute atomic E-state index is 13.0. The van der Waals surface area contributed by atoms with Gasteiger partial charge in [0.1, 0.15) is 11.6 Å². The lowest BCUT2D eigenvalue weighted by Crippen LogP contribution is -2.29. The van der Waals surface area contributed by atoms with Crippen molar-refractivity contribution in [2.75, 3.05) is 5.32 Å². The van der Waals surface area contributed by atoms with Crippen LogP contribution in [0.5, 0.6) is 5.75 Å². The molecule has 6 heteroatoms. The maximum atomic E-state index is 13.0. The normalized spacial score (nSPS) is 19.4. The summed E-state index contributed by atoms with van der Waals surface area (Å²) in [6, 6.07) is 3.95. The molecule has 4 rings (SSSR count). The molecule has 1 aromatic heterocycles. The smallest absolute Gasteiger partial charge is 0.270 e. The standard InChI is InChI=1S/C24H31N3O3/c1-23(2,3)13-10-12(11-14(20(13)29)24(4,5)6)17-18-15(8-7-9-16(18)28)25-21-19(17)22(30)27-26-21/h10-11,17,29H,7-9H2,1-6H3,(H3,25,26,27,30). The van der Waals surface area contributed by atoms with Gasteiger partial charge in [0.05, 0.1) is 5.56 Å². The van der Waals surface area contributed by atoms with Gasteiger partial charge in [-0.05, 0) is 40.4 Å². The minimum atomic E-state index is -0.457. The van der Waals surface area contributed by atoms with E-state index in [4.69, 9.17) is 0 Å². The fraction of sp³-hybridized carbons (Fsp3) is 0.500. The molecule has 30 heavy (non-hydrogen) atoms. The first-order valence-electron chi connectivity index (χ1n) is 10.6. The van der Waals surface area contributed by atoms with Crippen LogP contribution < -0.4 is 10.9 Å². The molecule has 6 nitrogen and oxygen atoms in total. The second-order valence-corrected chi connectivity index (χ2v) is 10.6. The second kappa shape index (κ2) is 6.62. The number of benzene rings is 1. The van der Waals surface area contributed by atoms with Gasteiger partial charge in [-0.3, -0.25) is 19.8 Å². The third-order valence-electron chi connectivity index (χ3n) is 6.21. The molecular weight excluding hydrogens is 378 g/mol. The van der Waals surface area contributed by atoms with E-state index in [2.05, 4.69) is 57.1 Å². The first kappa shape index (κ1) is 20.5. The molecule has 1 unspecified atom stereocenters. The van der Waals surface area contributed by atoms with Gasteiger partial charge < -0.3 is 10.4 Å². The minimum absolute atomic E-state index is 0.0858. The molecular formula is C24H31N3O3. The van der Waals surface area contributed by atoms with Crippen molar-refractivity contribution in [2.24, 2.45) is 0 Å². The summed E-state index contributed by atoms with van der Waals surface area (Å²) in [5, 5.41) is 20.0. The van der Waals surface area contributed by atoms with Gasteiger partial charge in [-0.25, -0.2) is 0 Å². The summed E-state index contributed by atoms with van der Waals surface area (Å²) in [5.74, 6) is 0.547. The van der Waals surface area contributed by atoms with Gasteiger partial charge in [0.25, 0.3) is 5.56 Å². The number of Topliss-reactive ketones (excluding diaryl/α,β-unsaturated/α-hetero) is 1. The first-order chi connectivity index (χ1) is 13.9. The number of phenols is 1. The molecule has 0 saturated heterocycles. The van der Waals surface area contributed by atoms with E-state index >= 15 is 0 Å². The molecule has 0 fully saturated rings. The number of anilines is 1. The van der Waals surface area contributed by atoms with Gasteiger partial charge in [-0.1, -0.05) is 53.7 Å². The molecule has 2 aromatic rings. The number of fused-ring (bicyclic) bond motifs is 1. The number of aromatic hydroxyl groups is 1. The highest BCUT2D eigenvalue weighted by Crippen LogP contribution is 2.47. The number of allylic oxidation sites excluding steroid dienone is 2. The van der Waals surface area contributed by atoms with Crippen molar-refractivity contribution in [2.45, 2.75) is 77.6 Å². The van der Waals surface area contributed by atoms with Gasteiger partial charge in [0.2, 0.25) is 0 Å². The van der Waals surface area contributed by atoms with Gasteiger partial charge in [0.15, 0.2) is 5.78 Å². The minimum Gasteiger partial charge on any atom is -0.507 e. The zero-order valence-corrected chi connectivity index (χ0v) is 18.6. The van der Waals surface area contributed by atoms with E-state index in [9.17, 15) is 14.7 Å². The summed E-state index contributed by atoms with van der Waals surface area (Å²) in [4.78, 5) is 25.8. The van der Waals surface area contributed by atoms with Gasteiger partial charge in [-0.15, -0.1) is 0 Å². The van der Waals surface area contributed by atoms with E-state index in [-0.39, 0.29) is 22.2 Å². The number of carbonyl (C=O) groups is 1. The fourth-order valence-corrected chi connectivity index (χ4v) is 4.67. The van der Waals surface area contributed by atoms with E-state index < -0.39 is 5.92 Å². The zero-order chi connectivity index (χ0) is 22.0. The Morgan fingerprint density at radius 1 is 0.933 bits per heavy atom. The summed E-state index contributed by atoms with van der Waals surface area (Å²) < 4.78 is 0. The molecule has 0 radical (unpaired) electrons. The van der Waals surface area contributed by atoms with E-state index in [1.807, 2.05) is 12.1 Å². The number of H-pyrrole nitrogens is 2. The van der Waals surface area contributed by atoms with Gasteiger partial charge >= 0.3 is 0 Å². The lowest BCUT2D eigenvalue weighted by atomic mass is 9.72. The Kier molecular flexibility index (Phi) is 4.53. The Morgan fingerprint density at radius 3 is 2.10 bits per heavy atom. The Labute approximate surface area is 176 Å². The molecule has 0 bridgehead atoms. The summed E-state index contributed by atoms with van der Waals surface area (Å²) in [6.45, 7) is 12.4. The maximum Gasteiger partial charge on any atom is 0.270 e. The number of ketones is 1. The molecule has 0 amide bonds. The van der Waals surface area contributed by atoms with E-state index in [1.54, 1.807) is 0 Å². The largest absolute Gasteiger partial charge is 0.507 e. The molecule has 1 aliphatic carbocycles. The Hall–Kier alpha value is -2.76. The number of rotatable bonds is 1. The van der Waals surface area contributed by atoms with Crippen molar-refractivity contribution in [3.8, 4) is 5.75 Å². The molecule has 160 valence electrons. The number of aromatic nitrogens is 2. The Morgan fingerprint density at radius 2 is 1.53 bits per heavy atom. The molecule has 0 saturated carbocycles. The quantitative estimate of drug-likeness (QED) is 0.555. The SMILES string of the molecule is CC(C)(C)c1cc(C2C3=C(CCCC3=O)Nc3[nH][nH]c(=O)c32)cc(C(C)(C)C)c1O. The van der Waals surface area contributed by atoms with Crippen LogP contribution in [0.1, 0.15) is 89.0 Å². The Bertz CT molecular complexity index is 1080. The summed E-state index contributed by atoms with van der Waals surface area (Å²) in [5.41, 5.74) is 3.81. The number of phenolic OH excluding ortho intramolecular Hbond substituents is 1. The summed E-state index contributed by atoms with van der Waals surface area (Å²) in [7, 11) is 0. The highest BCUT2D eigenvalue weighted by Gasteiger charge is 2.39. The van der Waals surface area contributed by atoms with Gasteiger partial charge in [-0.2, -0.15) is 0 Å². The molecule has 1 atom stereocenters. The number of hydrogen-bond donors (Lipinski definition) is 4. The molecule has 1 aromatic carbocycles. The van der Waals surface area contributed by atoms with Crippen LogP contribution in [-0.4, -0.2) is 21.1 Å². The topological polar surface area (TPSA) is 98.0 Å². The van der Waals surface area contributed by atoms with Crippen LogP contribution >= 0.6 is 0 Å². The molecule has 0 spiro atoms. The van der Waals surface area contributed by atoms with Crippen LogP contribution in [0, 0.1) is 0 Å². The average Bonchev–Trinajstić information content (AvgIpc) is 2.99. The molecule has 4 N–H and O–H groups in total. The van der Waals surface area contributed by atoms with Crippen molar-refractivity contribution in [3.63, 3.8) is 0 Å². The third kappa shape index (κ3) is 3.18. The predicted octanol–water partition coefficient (Wildman–Crippen LogP) is 4.57. The van der Waals surface area contributed by atoms with Crippen molar-refractivity contribution < 1.29 is 9.90 Å². The molecule has 2 aliphatic rings. The molecule has 2 heterocycles. The van der Waals surface area contributed by atoms with Crippen LogP contribution in [0.3, 0.4) is 0 Å². The summed E-state index contributed by atoms with van der Waals surface area (Å²) in [6.07, 6.45) is 2.07. The first-order valence-corrected chi connectivity index (χ1v) is 10.6. The average molecular weight is 410 g/mol. The molecule has 1 aliphatic heterocycles. The van der Waals surface area contributed by atoms with Crippen molar-refractivity contribution >= 4 is 11.6 Å². The number of carbonyl (C=O) groups excluding carboxylic acids is 1. The Balaban J connectivity index is 2.05. The van der Waals surface area contributed by atoms with Crippen LogP contribution in [0.2, 0.25) is 0 Å². The van der Waals surface area contributed by atoms with Crippen LogP contribution in [0.15, 0.2) is 28.2 Å². The zero-order valence-electron chi connectivity index (χ0n) is 18.6. The van der Waals surface area contributed by atoms with Crippen LogP contribution in [0.25, 0.3) is 0 Å². The van der Waals surface area contributed by atoms with Crippen LogP contribution in [0.4, 0.5) is 5.82 Å². The van der Waals surface area contributed by atoms with Gasteiger partial charge in [0, 0.05) is 23.6 Å². The lowest BCUT2D eigenvalue weighted by molar-refractivity contribution is -0.116. The highest BCUT2D eigenvalue weighted by molar-refractivity contribution is 6.00. The van der Waals surface area contributed by atoms with E-state index in [0.29, 0.717) is 29.1 Å². The summed E-state index contributed by atoms with van der Waals surface area (Å²) >= 11 is 0. The highest BCUT2D eigenvalue weighted by atomic mass is 16.3. The third-order valence-corrected chi connectivity index (χ3v) is 6.21. The lowest BCUT2D eigenvalue weighted by Gasteiger charge is -2.34. The van der Waals surface area contributed by atoms with Crippen molar-refractivity contribution in [3.05, 3.63) is 56.0 Å². The van der Waals surface area contributed by atoms with Crippen molar-refractivity contribution in [1.29, 1.82) is 0 Å². The van der Waals surface area contributed by atoms with Crippen molar-refractivity contribution in [1.82, 2.24) is 10.2 Å². The number of hydrogen-bond acceptors (Lipinski definition) is 4. The predicted molar refractivity (Wildman–Crippen MR) is 118 cm³/mol. The van der Waals surface area contributed by atoms with E-state index in [1.165, 1.54) is 0 Å². The fourth-order valence-electron chi connectivity index (χ4n) is 4.67. The monoisotopic (exact) mass is 409 g/mol. The second-order valence-electron chi connectivity index (χ2n) is 10.6.